The predicted molar refractivity (Wildman–Crippen MR) is 100 cm³/mol. The lowest BCUT2D eigenvalue weighted by Crippen LogP contribution is -2.40. The van der Waals surface area contributed by atoms with Gasteiger partial charge in [0, 0.05) is 13.6 Å². The third kappa shape index (κ3) is 3.20. The van der Waals surface area contributed by atoms with Crippen molar-refractivity contribution in [1.29, 1.82) is 0 Å². The molecule has 0 bridgehead atoms. The molecule has 1 aliphatic rings. The number of imidazole rings is 1. The van der Waals surface area contributed by atoms with Crippen LogP contribution in [0.15, 0.2) is 54.6 Å². The molecule has 130 valence electrons. The Morgan fingerprint density at radius 1 is 1.08 bits per heavy atom. The van der Waals surface area contributed by atoms with Gasteiger partial charge in [-0.1, -0.05) is 55.3 Å². The summed E-state index contributed by atoms with van der Waals surface area (Å²) in [6, 6.07) is 18.5. The third-order valence-corrected chi connectivity index (χ3v) is 5.38. The molecule has 25 heavy (non-hydrogen) atoms. The molecule has 1 saturated carbocycles. The van der Waals surface area contributed by atoms with E-state index >= 15 is 0 Å². The Bertz CT molecular complexity index is 850. The number of hydrogen-bond acceptors (Lipinski definition) is 3. The third-order valence-electron chi connectivity index (χ3n) is 5.38. The monoisotopic (exact) mass is 335 g/mol. The van der Waals surface area contributed by atoms with Crippen LogP contribution in [0.25, 0.3) is 11.0 Å². The minimum Gasteiger partial charge on any atom is -0.389 e. The van der Waals surface area contributed by atoms with Gasteiger partial charge in [0.15, 0.2) is 0 Å². The van der Waals surface area contributed by atoms with Gasteiger partial charge in [-0.3, -0.25) is 0 Å². The summed E-state index contributed by atoms with van der Waals surface area (Å²) < 4.78 is 2.15. The van der Waals surface area contributed by atoms with Crippen LogP contribution in [0.4, 0.5) is 0 Å². The molecular formula is C21H25N3O. The highest BCUT2D eigenvalue weighted by molar-refractivity contribution is 5.76. The van der Waals surface area contributed by atoms with E-state index in [0.29, 0.717) is 6.54 Å². The lowest BCUT2D eigenvalue weighted by Gasteiger charge is -2.27. The molecule has 0 radical (unpaired) electrons. The molecule has 4 rings (SSSR count). The first-order valence-corrected chi connectivity index (χ1v) is 9.08. The molecule has 1 heterocycles. The standard InChI is InChI=1S/C21H25N3O/c1-24-18-12-6-5-11-17(18)23-20(24)19(16-9-3-2-4-10-16)22-15-21(25)13-7-8-14-21/h2-6,9-12,19,22,25H,7-8,13-15H2,1H3. The Morgan fingerprint density at radius 2 is 1.76 bits per heavy atom. The Hall–Kier alpha value is -2.17. The molecule has 0 spiro atoms. The van der Waals surface area contributed by atoms with Gasteiger partial charge in [-0.05, 0) is 30.5 Å². The summed E-state index contributed by atoms with van der Waals surface area (Å²) in [5, 5.41) is 14.4. The second-order valence-electron chi connectivity index (χ2n) is 7.17. The van der Waals surface area contributed by atoms with Crippen molar-refractivity contribution in [3.05, 3.63) is 66.0 Å². The fourth-order valence-corrected chi connectivity index (χ4v) is 3.93. The van der Waals surface area contributed by atoms with Gasteiger partial charge in [0.2, 0.25) is 0 Å². The Kier molecular flexibility index (Phi) is 4.32. The Morgan fingerprint density at radius 3 is 2.48 bits per heavy atom. The van der Waals surface area contributed by atoms with E-state index in [1.165, 1.54) is 5.56 Å². The molecule has 2 N–H and O–H groups in total. The van der Waals surface area contributed by atoms with E-state index in [9.17, 15) is 5.11 Å². The van der Waals surface area contributed by atoms with Gasteiger partial charge in [0.25, 0.3) is 0 Å². The molecule has 0 saturated heterocycles. The highest BCUT2D eigenvalue weighted by atomic mass is 16.3. The summed E-state index contributed by atoms with van der Waals surface area (Å²) in [6.07, 6.45) is 3.98. The quantitative estimate of drug-likeness (QED) is 0.749. The van der Waals surface area contributed by atoms with Crippen LogP contribution in [0.5, 0.6) is 0 Å². The van der Waals surface area contributed by atoms with Gasteiger partial charge in [-0.2, -0.15) is 0 Å². The molecule has 0 amide bonds. The van der Waals surface area contributed by atoms with Crippen LogP contribution >= 0.6 is 0 Å². The summed E-state index contributed by atoms with van der Waals surface area (Å²) in [4.78, 5) is 4.88. The average Bonchev–Trinajstić information content (AvgIpc) is 3.21. The van der Waals surface area contributed by atoms with Crippen LogP contribution in [0, 0.1) is 0 Å². The number of hydrogen-bond donors (Lipinski definition) is 2. The minimum atomic E-state index is -0.586. The van der Waals surface area contributed by atoms with E-state index in [2.05, 4.69) is 47.3 Å². The summed E-state index contributed by atoms with van der Waals surface area (Å²) >= 11 is 0. The van der Waals surface area contributed by atoms with Crippen molar-refractivity contribution in [3.8, 4) is 0 Å². The Balaban J connectivity index is 1.70. The van der Waals surface area contributed by atoms with Gasteiger partial charge < -0.3 is 15.0 Å². The molecule has 3 aromatic rings. The van der Waals surface area contributed by atoms with E-state index < -0.39 is 5.60 Å². The van der Waals surface area contributed by atoms with E-state index in [1.807, 2.05) is 24.3 Å². The van der Waals surface area contributed by atoms with E-state index in [0.717, 1.165) is 42.5 Å². The van der Waals surface area contributed by atoms with Gasteiger partial charge in [0.05, 0.1) is 22.7 Å². The van der Waals surface area contributed by atoms with Crippen LogP contribution in [0.1, 0.15) is 43.1 Å². The molecule has 2 aromatic carbocycles. The number of nitrogens with zero attached hydrogens (tertiary/aromatic N) is 2. The van der Waals surface area contributed by atoms with Crippen molar-refractivity contribution in [2.24, 2.45) is 7.05 Å². The molecular weight excluding hydrogens is 310 g/mol. The first kappa shape index (κ1) is 16.3. The van der Waals surface area contributed by atoms with Gasteiger partial charge in [-0.25, -0.2) is 4.98 Å². The average molecular weight is 335 g/mol. The van der Waals surface area contributed by atoms with Crippen molar-refractivity contribution in [3.63, 3.8) is 0 Å². The van der Waals surface area contributed by atoms with Crippen molar-refractivity contribution in [1.82, 2.24) is 14.9 Å². The predicted octanol–water partition coefficient (Wildman–Crippen LogP) is 3.56. The van der Waals surface area contributed by atoms with Crippen molar-refractivity contribution < 1.29 is 5.11 Å². The number of benzene rings is 2. The highest BCUT2D eigenvalue weighted by Gasteiger charge is 2.32. The zero-order valence-corrected chi connectivity index (χ0v) is 14.7. The van der Waals surface area contributed by atoms with E-state index in [4.69, 9.17) is 4.98 Å². The maximum absolute atomic E-state index is 10.8. The first-order valence-electron chi connectivity index (χ1n) is 9.08. The number of para-hydroxylation sites is 2. The second kappa shape index (κ2) is 6.62. The number of aryl methyl sites for hydroxylation is 1. The summed E-state index contributed by atoms with van der Waals surface area (Å²) in [5.41, 5.74) is 2.71. The molecule has 1 atom stereocenters. The zero-order chi connectivity index (χ0) is 17.3. The minimum absolute atomic E-state index is 0.0387. The highest BCUT2D eigenvalue weighted by Crippen LogP contribution is 2.31. The van der Waals surface area contributed by atoms with Crippen molar-refractivity contribution in [2.45, 2.75) is 37.3 Å². The lowest BCUT2D eigenvalue weighted by molar-refractivity contribution is 0.0457. The first-order chi connectivity index (χ1) is 12.2. The van der Waals surface area contributed by atoms with Gasteiger partial charge in [-0.15, -0.1) is 0 Å². The molecule has 1 fully saturated rings. The maximum atomic E-state index is 10.8. The summed E-state index contributed by atoms with van der Waals surface area (Å²) in [6.45, 7) is 0.593. The largest absolute Gasteiger partial charge is 0.389 e. The molecule has 4 nitrogen and oxygen atoms in total. The summed E-state index contributed by atoms with van der Waals surface area (Å²) in [5.74, 6) is 0.981. The molecule has 1 aromatic heterocycles. The van der Waals surface area contributed by atoms with Crippen LogP contribution in [-0.2, 0) is 7.05 Å². The Labute approximate surface area is 148 Å². The number of aromatic nitrogens is 2. The molecule has 0 aliphatic heterocycles. The van der Waals surface area contributed by atoms with Crippen molar-refractivity contribution >= 4 is 11.0 Å². The smallest absolute Gasteiger partial charge is 0.131 e. The number of nitrogens with one attached hydrogen (secondary N) is 1. The van der Waals surface area contributed by atoms with Crippen LogP contribution in [0.2, 0.25) is 0 Å². The van der Waals surface area contributed by atoms with E-state index in [-0.39, 0.29) is 6.04 Å². The number of rotatable bonds is 5. The SMILES string of the molecule is Cn1c(C(NCC2(O)CCCC2)c2ccccc2)nc2ccccc21. The van der Waals surface area contributed by atoms with Gasteiger partial charge in [0.1, 0.15) is 5.82 Å². The van der Waals surface area contributed by atoms with Crippen LogP contribution < -0.4 is 5.32 Å². The maximum Gasteiger partial charge on any atom is 0.131 e. The number of fused-ring (bicyclic) bond motifs is 1. The second-order valence-corrected chi connectivity index (χ2v) is 7.17. The van der Waals surface area contributed by atoms with Crippen LogP contribution in [-0.4, -0.2) is 26.8 Å². The lowest BCUT2D eigenvalue weighted by atomic mass is 10.0. The fraction of sp³-hybridized carbons (Fsp3) is 0.381. The van der Waals surface area contributed by atoms with Crippen LogP contribution in [0.3, 0.4) is 0 Å². The fourth-order valence-electron chi connectivity index (χ4n) is 3.93. The normalized spacial score (nSPS) is 17.8. The van der Waals surface area contributed by atoms with Gasteiger partial charge >= 0.3 is 0 Å². The van der Waals surface area contributed by atoms with Crippen molar-refractivity contribution in [2.75, 3.05) is 6.54 Å². The number of aliphatic hydroxyl groups is 1. The molecule has 1 unspecified atom stereocenters. The zero-order valence-electron chi connectivity index (χ0n) is 14.7. The summed E-state index contributed by atoms with van der Waals surface area (Å²) in [7, 11) is 2.06. The molecule has 1 aliphatic carbocycles. The molecule has 4 heteroatoms. The van der Waals surface area contributed by atoms with E-state index in [1.54, 1.807) is 0 Å². The topological polar surface area (TPSA) is 50.1 Å².